The van der Waals surface area contributed by atoms with Gasteiger partial charge in [0.15, 0.2) is 0 Å². The van der Waals surface area contributed by atoms with Crippen LogP contribution in [0.1, 0.15) is 31.4 Å². The van der Waals surface area contributed by atoms with E-state index in [4.69, 9.17) is 0 Å². The van der Waals surface area contributed by atoms with Gasteiger partial charge in [-0.05, 0) is 31.4 Å². The van der Waals surface area contributed by atoms with Crippen LogP contribution in [0.5, 0.6) is 0 Å². The molecule has 1 aromatic carbocycles. The molecule has 3 aliphatic heterocycles. The number of carbonyl (C=O) groups is 2. The second-order valence-corrected chi connectivity index (χ2v) is 8.24. The van der Waals surface area contributed by atoms with Crippen LogP contribution in [-0.2, 0) is 9.59 Å². The van der Waals surface area contributed by atoms with Crippen LogP contribution in [0.3, 0.4) is 0 Å². The zero-order valence-corrected chi connectivity index (χ0v) is 17.0. The summed E-state index contributed by atoms with van der Waals surface area (Å²) in [4.78, 5) is 31.0. The lowest BCUT2D eigenvalue weighted by Gasteiger charge is -2.33. The molecule has 2 amide bonds. The van der Waals surface area contributed by atoms with Gasteiger partial charge in [0, 0.05) is 57.5 Å². The highest BCUT2D eigenvalue weighted by Gasteiger charge is 2.48. The molecule has 148 valence electrons. The average molecular weight is 392 g/mol. The molecule has 27 heavy (non-hydrogen) atoms. The van der Waals surface area contributed by atoms with E-state index in [0.29, 0.717) is 23.8 Å². The number of halogens is 1. The van der Waals surface area contributed by atoms with Gasteiger partial charge in [-0.2, -0.15) is 0 Å². The van der Waals surface area contributed by atoms with Crippen LogP contribution < -0.4 is 0 Å². The number of likely N-dealkylation sites (tertiary alicyclic amines) is 3. The van der Waals surface area contributed by atoms with Gasteiger partial charge < -0.3 is 9.80 Å². The highest BCUT2D eigenvalue weighted by Crippen LogP contribution is 2.44. The smallest absolute Gasteiger partial charge is 0.225 e. The largest absolute Gasteiger partial charge is 0.343 e. The van der Waals surface area contributed by atoms with E-state index in [1.807, 2.05) is 4.90 Å². The molecule has 0 saturated carbocycles. The Bertz CT molecular complexity index is 675. The second kappa shape index (κ2) is 8.19. The number of hydrogen-bond acceptors (Lipinski definition) is 3. The fraction of sp³-hybridized carbons (Fsp3) is 0.619. The second-order valence-electron chi connectivity index (χ2n) is 8.24. The molecule has 0 unspecified atom stereocenters. The summed E-state index contributed by atoms with van der Waals surface area (Å²) in [5.74, 6) is 1.64. The van der Waals surface area contributed by atoms with Gasteiger partial charge in [-0.3, -0.25) is 14.5 Å². The van der Waals surface area contributed by atoms with Crippen molar-refractivity contribution in [1.29, 1.82) is 0 Å². The maximum atomic E-state index is 13.0. The standard InChI is InChI=1S/C21H29N3O2.ClH/c1-15(25)23-10-8-17(9-11-23)21(26)24-13-18-12-22(2)20(19(18)14-24)16-6-4-3-5-7-16;/h3-7,17-20H,8-14H2,1-2H3;1H/t18-,19+,20-;/m0./s1. The number of piperidine rings is 1. The van der Waals surface area contributed by atoms with Crippen molar-refractivity contribution >= 4 is 24.2 Å². The summed E-state index contributed by atoms with van der Waals surface area (Å²) in [6, 6.07) is 11.1. The summed E-state index contributed by atoms with van der Waals surface area (Å²) >= 11 is 0. The van der Waals surface area contributed by atoms with Crippen LogP contribution in [0.25, 0.3) is 0 Å². The van der Waals surface area contributed by atoms with E-state index in [-0.39, 0.29) is 24.2 Å². The van der Waals surface area contributed by atoms with Gasteiger partial charge in [-0.1, -0.05) is 30.3 Å². The van der Waals surface area contributed by atoms with E-state index in [0.717, 1.165) is 45.6 Å². The third kappa shape index (κ3) is 3.85. The van der Waals surface area contributed by atoms with Gasteiger partial charge in [-0.25, -0.2) is 0 Å². The lowest BCUT2D eigenvalue weighted by atomic mass is 9.90. The third-order valence-electron chi connectivity index (χ3n) is 6.64. The molecule has 4 rings (SSSR count). The Labute approximate surface area is 168 Å². The summed E-state index contributed by atoms with van der Waals surface area (Å²) in [5.41, 5.74) is 1.37. The molecule has 1 aromatic rings. The van der Waals surface area contributed by atoms with Crippen LogP contribution in [0.4, 0.5) is 0 Å². The predicted octanol–water partition coefficient (Wildman–Crippen LogP) is 2.43. The molecule has 3 heterocycles. The summed E-state index contributed by atoms with van der Waals surface area (Å²) in [6.45, 7) is 5.90. The molecule has 3 fully saturated rings. The van der Waals surface area contributed by atoms with E-state index < -0.39 is 0 Å². The quantitative estimate of drug-likeness (QED) is 0.777. The van der Waals surface area contributed by atoms with Gasteiger partial charge in [-0.15, -0.1) is 12.4 Å². The van der Waals surface area contributed by atoms with E-state index >= 15 is 0 Å². The molecule has 0 spiro atoms. The van der Waals surface area contributed by atoms with Gasteiger partial charge in [0.25, 0.3) is 0 Å². The first-order valence-electron chi connectivity index (χ1n) is 9.84. The van der Waals surface area contributed by atoms with E-state index in [1.165, 1.54) is 5.56 Å². The first-order valence-corrected chi connectivity index (χ1v) is 9.84. The summed E-state index contributed by atoms with van der Waals surface area (Å²) in [6.07, 6.45) is 1.62. The van der Waals surface area contributed by atoms with Crippen molar-refractivity contribution in [1.82, 2.24) is 14.7 Å². The highest BCUT2D eigenvalue weighted by molar-refractivity contribution is 5.85. The van der Waals surface area contributed by atoms with Gasteiger partial charge >= 0.3 is 0 Å². The van der Waals surface area contributed by atoms with Gasteiger partial charge in [0.2, 0.25) is 11.8 Å². The molecule has 5 nitrogen and oxygen atoms in total. The number of nitrogens with zero attached hydrogens (tertiary/aromatic N) is 3. The van der Waals surface area contributed by atoms with Crippen LogP contribution in [-0.4, -0.2) is 66.3 Å². The Kier molecular flexibility index (Phi) is 6.11. The Balaban J connectivity index is 0.00000210. The molecule has 0 aromatic heterocycles. The first kappa shape index (κ1) is 20.2. The molecular formula is C21H30ClN3O2. The summed E-state index contributed by atoms with van der Waals surface area (Å²) < 4.78 is 0. The minimum Gasteiger partial charge on any atom is -0.343 e. The zero-order chi connectivity index (χ0) is 18.3. The zero-order valence-electron chi connectivity index (χ0n) is 16.2. The molecule has 0 aliphatic carbocycles. The van der Waals surface area contributed by atoms with Gasteiger partial charge in [0.05, 0.1) is 0 Å². The Hall–Kier alpha value is -1.59. The first-order chi connectivity index (χ1) is 12.5. The van der Waals surface area contributed by atoms with Crippen molar-refractivity contribution in [2.24, 2.45) is 17.8 Å². The lowest BCUT2D eigenvalue weighted by molar-refractivity contribution is -0.139. The fourth-order valence-corrected chi connectivity index (χ4v) is 5.29. The molecule has 3 atom stereocenters. The number of hydrogen-bond donors (Lipinski definition) is 0. The Morgan fingerprint density at radius 3 is 2.26 bits per heavy atom. The van der Waals surface area contributed by atoms with E-state index in [9.17, 15) is 9.59 Å². The molecule has 0 N–H and O–H groups in total. The lowest BCUT2D eigenvalue weighted by Crippen LogP contribution is -2.44. The van der Waals surface area contributed by atoms with Gasteiger partial charge in [0.1, 0.15) is 0 Å². The van der Waals surface area contributed by atoms with Crippen LogP contribution in [0.15, 0.2) is 30.3 Å². The Morgan fingerprint density at radius 2 is 1.63 bits per heavy atom. The average Bonchev–Trinajstić information content (AvgIpc) is 3.18. The molecule has 0 bridgehead atoms. The summed E-state index contributed by atoms with van der Waals surface area (Å²) in [7, 11) is 2.21. The molecule has 3 aliphatic rings. The van der Waals surface area contributed by atoms with Crippen molar-refractivity contribution in [3.63, 3.8) is 0 Å². The van der Waals surface area contributed by atoms with Crippen molar-refractivity contribution in [3.8, 4) is 0 Å². The topological polar surface area (TPSA) is 43.9 Å². The third-order valence-corrected chi connectivity index (χ3v) is 6.64. The fourth-order valence-electron chi connectivity index (χ4n) is 5.29. The van der Waals surface area contributed by atoms with Crippen LogP contribution in [0.2, 0.25) is 0 Å². The van der Waals surface area contributed by atoms with E-state index in [1.54, 1.807) is 6.92 Å². The van der Waals surface area contributed by atoms with E-state index in [2.05, 4.69) is 47.2 Å². The minimum atomic E-state index is 0. The SMILES string of the molecule is CC(=O)N1CCC(C(=O)N2C[C@@H]3CN(C)[C@@H](c4ccccc4)[C@@H]3C2)CC1.Cl. The Morgan fingerprint density at radius 1 is 0.963 bits per heavy atom. The molecular weight excluding hydrogens is 362 g/mol. The summed E-state index contributed by atoms with van der Waals surface area (Å²) in [5, 5.41) is 0. The predicted molar refractivity (Wildman–Crippen MR) is 108 cm³/mol. The van der Waals surface area contributed by atoms with Crippen molar-refractivity contribution in [2.45, 2.75) is 25.8 Å². The molecule has 0 radical (unpaired) electrons. The number of amides is 2. The number of carbonyl (C=O) groups excluding carboxylic acids is 2. The number of fused-ring (bicyclic) bond motifs is 1. The minimum absolute atomic E-state index is 0. The highest BCUT2D eigenvalue weighted by atomic mass is 35.5. The maximum Gasteiger partial charge on any atom is 0.225 e. The molecule has 3 saturated heterocycles. The van der Waals surface area contributed by atoms with Crippen LogP contribution in [0, 0.1) is 17.8 Å². The van der Waals surface area contributed by atoms with Crippen molar-refractivity contribution < 1.29 is 9.59 Å². The normalized spacial score (nSPS) is 28.7. The van der Waals surface area contributed by atoms with Crippen LogP contribution >= 0.6 is 12.4 Å². The molecule has 6 heteroatoms. The monoisotopic (exact) mass is 391 g/mol. The van der Waals surface area contributed by atoms with Crippen molar-refractivity contribution in [2.75, 3.05) is 39.8 Å². The number of benzene rings is 1. The van der Waals surface area contributed by atoms with Crippen molar-refractivity contribution in [3.05, 3.63) is 35.9 Å². The maximum absolute atomic E-state index is 13.0. The number of rotatable bonds is 2.